The van der Waals surface area contributed by atoms with Crippen molar-refractivity contribution in [3.8, 4) is 11.1 Å². The number of carbonyl (C=O) groups is 1. The maximum atomic E-state index is 13.2. The molecule has 0 radical (unpaired) electrons. The number of primary amides is 1. The topological polar surface area (TPSA) is 108 Å². The molecule has 6 nitrogen and oxygen atoms in total. The third kappa shape index (κ3) is 5.32. The van der Waals surface area contributed by atoms with E-state index in [1.807, 2.05) is 42.5 Å². The first-order valence-corrected chi connectivity index (χ1v) is 12.2. The normalized spacial score (nSPS) is 12.1. The van der Waals surface area contributed by atoms with Crippen molar-refractivity contribution in [2.75, 3.05) is 6.54 Å². The minimum Gasteiger partial charge on any atom is -0.366 e. The second kappa shape index (κ2) is 10.5. The van der Waals surface area contributed by atoms with Crippen LogP contribution in [0, 0.1) is 5.92 Å². The van der Waals surface area contributed by atoms with E-state index in [0.717, 1.165) is 23.1 Å². The van der Waals surface area contributed by atoms with Crippen LogP contribution in [0.3, 0.4) is 0 Å². The fourth-order valence-corrected chi connectivity index (χ4v) is 4.64. The van der Waals surface area contributed by atoms with Crippen molar-refractivity contribution in [1.82, 2.24) is 3.97 Å². The molecule has 1 unspecified atom stereocenters. The highest BCUT2D eigenvalue weighted by atomic mass is 32.2. The van der Waals surface area contributed by atoms with Gasteiger partial charge in [0, 0.05) is 22.7 Å². The van der Waals surface area contributed by atoms with E-state index in [9.17, 15) is 13.2 Å². The van der Waals surface area contributed by atoms with Gasteiger partial charge in [-0.25, -0.2) is 12.4 Å². The van der Waals surface area contributed by atoms with Gasteiger partial charge in [-0.3, -0.25) is 4.79 Å². The van der Waals surface area contributed by atoms with Crippen LogP contribution in [0.1, 0.15) is 30.6 Å². The van der Waals surface area contributed by atoms with Crippen molar-refractivity contribution >= 4 is 26.8 Å². The van der Waals surface area contributed by atoms with Crippen molar-refractivity contribution in [3.63, 3.8) is 0 Å². The molecule has 0 fully saturated rings. The van der Waals surface area contributed by atoms with Crippen LogP contribution in [0.15, 0.2) is 90.0 Å². The van der Waals surface area contributed by atoms with Gasteiger partial charge in [0.1, 0.15) is 0 Å². The van der Waals surface area contributed by atoms with Gasteiger partial charge in [-0.1, -0.05) is 68.8 Å². The Morgan fingerprint density at radius 2 is 1.55 bits per heavy atom. The number of nitrogens with two attached hydrogens (primary N) is 2. The van der Waals surface area contributed by atoms with Gasteiger partial charge < -0.3 is 11.5 Å². The van der Waals surface area contributed by atoms with Crippen LogP contribution >= 0.6 is 0 Å². The van der Waals surface area contributed by atoms with E-state index in [1.165, 1.54) is 34.7 Å². The summed E-state index contributed by atoms with van der Waals surface area (Å²) in [5.74, 6) is 0.113. The molecule has 4 rings (SSSR count). The Bertz CT molecular complexity index is 1320. The number of fused-ring (bicyclic) bond motifs is 1. The van der Waals surface area contributed by atoms with E-state index in [2.05, 4.69) is 13.8 Å². The highest BCUT2D eigenvalue weighted by molar-refractivity contribution is 7.90. The van der Waals surface area contributed by atoms with Gasteiger partial charge in [0.2, 0.25) is 5.91 Å². The van der Waals surface area contributed by atoms with E-state index < -0.39 is 15.9 Å². The molecule has 1 heterocycles. The molecule has 172 valence electrons. The average Bonchev–Trinajstić information content (AvgIpc) is 3.25. The summed E-state index contributed by atoms with van der Waals surface area (Å²) in [6.07, 6.45) is 2.84. The van der Waals surface area contributed by atoms with Crippen molar-refractivity contribution in [2.24, 2.45) is 17.4 Å². The lowest BCUT2D eigenvalue weighted by Crippen LogP contribution is -2.14. The predicted octanol–water partition coefficient (Wildman–Crippen LogP) is 4.64. The number of aromatic nitrogens is 1. The largest absolute Gasteiger partial charge is 0.366 e. The Hall–Kier alpha value is -3.42. The van der Waals surface area contributed by atoms with Gasteiger partial charge >= 0.3 is 0 Å². The van der Waals surface area contributed by atoms with Gasteiger partial charge in [0.15, 0.2) is 0 Å². The molecule has 1 atom stereocenters. The lowest BCUT2D eigenvalue weighted by molar-refractivity contribution is 0.1000. The number of nitrogens with zero attached hydrogens (tertiary/aromatic N) is 1. The van der Waals surface area contributed by atoms with Crippen molar-refractivity contribution in [2.45, 2.75) is 25.2 Å². The van der Waals surface area contributed by atoms with E-state index in [-0.39, 0.29) is 10.5 Å². The molecule has 7 heteroatoms. The van der Waals surface area contributed by atoms with Crippen LogP contribution in [-0.4, -0.2) is 24.8 Å². The maximum Gasteiger partial charge on any atom is 0.268 e. The molecule has 3 aromatic carbocycles. The molecule has 1 amide bonds. The zero-order valence-corrected chi connectivity index (χ0v) is 19.6. The SMILES string of the molecule is CCC(C)CN.NC(=O)c1ccc(S(=O)(=O)n2cc(-c3ccccc3)c3ccccc32)cc1. The summed E-state index contributed by atoms with van der Waals surface area (Å²) in [5, 5.41) is 0.848. The number of rotatable bonds is 6. The number of carbonyl (C=O) groups excluding carboxylic acids is 1. The minimum absolute atomic E-state index is 0.0906. The highest BCUT2D eigenvalue weighted by Crippen LogP contribution is 2.32. The van der Waals surface area contributed by atoms with E-state index in [4.69, 9.17) is 11.5 Å². The molecule has 4 N–H and O–H groups in total. The Kier molecular flexibility index (Phi) is 7.68. The molecule has 0 spiro atoms. The monoisotopic (exact) mass is 463 g/mol. The molecular weight excluding hydrogens is 434 g/mol. The molecule has 0 aliphatic rings. The van der Waals surface area contributed by atoms with Gasteiger partial charge in [0.05, 0.1) is 10.4 Å². The zero-order valence-electron chi connectivity index (χ0n) is 18.8. The lowest BCUT2D eigenvalue weighted by Gasteiger charge is -2.08. The first kappa shape index (κ1) is 24.2. The third-order valence-corrected chi connectivity index (χ3v) is 7.25. The second-order valence-electron chi connectivity index (χ2n) is 7.86. The first-order chi connectivity index (χ1) is 15.8. The zero-order chi connectivity index (χ0) is 24.0. The smallest absolute Gasteiger partial charge is 0.268 e. The molecule has 0 saturated carbocycles. The van der Waals surface area contributed by atoms with Crippen LogP contribution in [0.5, 0.6) is 0 Å². The van der Waals surface area contributed by atoms with Gasteiger partial charge in [-0.2, -0.15) is 0 Å². The summed E-state index contributed by atoms with van der Waals surface area (Å²) in [4.78, 5) is 11.3. The Morgan fingerprint density at radius 1 is 0.939 bits per heavy atom. The molecule has 1 aromatic heterocycles. The maximum absolute atomic E-state index is 13.2. The Labute approximate surface area is 194 Å². The summed E-state index contributed by atoms with van der Waals surface area (Å²) in [6, 6.07) is 22.6. The number of hydrogen-bond acceptors (Lipinski definition) is 4. The molecular formula is C26H29N3O3S. The van der Waals surface area contributed by atoms with E-state index in [0.29, 0.717) is 11.4 Å². The Balaban J connectivity index is 0.000000454. The van der Waals surface area contributed by atoms with Crippen molar-refractivity contribution in [1.29, 1.82) is 0 Å². The predicted molar refractivity (Wildman–Crippen MR) is 133 cm³/mol. The summed E-state index contributed by atoms with van der Waals surface area (Å²) in [7, 11) is -3.83. The fraction of sp³-hybridized carbons (Fsp3) is 0.192. The van der Waals surface area contributed by atoms with Crippen LogP contribution in [0.2, 0.25) is 0 Å². The van der Waals surface area contributed by atoms with Crippen LogP contribution < -0.4 is 11.5 Å². The molecule has 0 saturated heterocycles. The van der Waals surface area contributed by atoms with E-state index >= 15 is 0 Å². The highest BCUT2D eigenvalue weighted by Gasteiger charge is 2.21. The quantitative estimate of drug-likeness (QED) is 0.434. The first-order valence-electron chi connectivity index (χ1n) is 10.8. The van der Waals surface area contributed by atoms with Crippen molar-refractivity contribution < 1.29 is 13.2 Å². The molecule has 0 aliphatic heterocycles. The molecule has 33 heavy (non-hydrogen) atoms. The van der Waals surface area contributed by atoms with Crippen LogP contribution in [-0.2, 0) is 10.0 Å². The third-order valence-electron chi connectivity index (χ3n) is 5.56. The van der Waals surface area contributed by atoms with Gasteiger partial charge in [-0.15, -0.1) is 0 Å². The summed E-state index contributed by atoms with van der Waals surface area (Å²) >= 11 is 0. The number of amides is 1. The van der Waals surface area contributed by atoms with Gasteiger partial charge in [-0.05, 0) is 48.4 Å². The van der Waals surface area contributed by atoms with Crippen molar-refractivity contribution in [3.05, 3.63) is 90.6 Å². The number of benzene rings is 3. The molecule has 0 bridgehead atoms. The standard InChI is InChI=1S/C21H16N2O3S.C5H13N/c22-21(24)16-10-12-17(13-11-16)27(25,26)23-14-19(15-6-2-1-3-7-15)18-8-4-5-9-20(18)23;1-3-5(2)4-6/h1-14H,(H2,22,24);5H,3-4,6H2,1-2H3. The molecule has 4 aromatic rings. The fourth-order valence-electron chi connectivity index (χ4n) is 3.27. The Morgan fingerprint density at radius 3 is 2.09 bits per heavy atom. The molecule has 0 aliphatic carbocycles. The number of hydrogen-bond donors (Lipinski definition) is 2. The average molecular weight is 464 g/mol. The van der Waals surface area contributed by atoms with E-state index in [1.54, 1.807) is 18.3 Å². The van der Waals surface area contributed by atoms with Crippen LogP contribution in [0.25, 0.3) is 22.0 Å². The second-order valence-corrected chi connectivity index (χ2v) is 9.68. The number of para-hydroxylation sites is 1. The van der Waals surface area contributed by atoms with Gasteiger partial charge in [0.25, 0.3) is 10.0 Å². The van der Waals surface area contributed by atoms with Crippen LogP contribution in [0.4, 0.5) is 0 Å². The summed E-state index contributed by atoms with van der Waals surface area (Å²) < 4.78 is 27.7. The summed E-state index contributed by atoms with van der Waals surface area (Å²) in [6.45, 7) is 5.13. The lowest BCUT2D eigenvalue weighted by atomic mass is 10.1. The minimum atomic E-state index is -3.83. The summed E-state index contributed by atoms with van der Waals surface area (Å²) in [5.41, 5.74) is 13.1.